The average molecular weight is 639 g/mol. The lowest BCUT2D eigenvalue weighted by Crippen LogP contribution is -2.64. The van der Waals surface area contributed by atoms with Gasteiger partial charge < -0.3 is 10.2 Å². The van der Waals surface area contributed by atoms with Crippen LogP contribution in [0.4, 0.5) is 24.7 Å². The summed E-state index contributed by atoms with van der Waals surface area (Å²) in [6.45, 7) is 0.482. The minimum atomic E-state index is -2.96. The van der Waals surface area contributed by atoms with Crippen LogP contribution in [0.15, 0.2) is 66.9 Å². The predicted molar refractivity (Wildman–Crippen MR) is 157 cm³/mol. The summed E-state index contributed by atoms with van der Waals surface area (Å²) < 4.78 is 42.1. The van der Waals surface area contributed by atoms with E-state index in [4.69, 9.17) is 11.6 Å². The standard InChI is InChI=1S/C31H26ClF3N6O4/c1-18(42)39-16-25(41(27(43)17-39)26-11-19(15-36)9-10-37-26)30(45)40(22-6-4-5-20(33)12-22)28(23-7-2-3-8-24(23)32)29(44)38-21-13-31(34,35)14-21/h2-12,21,25,28H,13-14,16-17H2,1H3,(H,38,44)/t25?,28-/m0/s1. The first-order chi connectivity index (χ1) is 21.4. The fourth-order valence-electron chi connectivity index (χ4n) is 5.43. The van der Waals surface area contributed by atoms with E-state index in [1.54, 1.807) is 12.1 Å². The Morgan fingerprint density at radius 2 is 1.87 bits per heavy atom. The van der Waals surface area contributed by atoms with Gasteiger partial charge >= 0.3 is 0 Å². The molecular formula is C31H26ClF3N6O4. The molecule has 1 aromatic heterocycles. The number of hydrogen-bond acceptors (Lipinski definition) is 6. The Labute approximate surface area is 261 Å². The Hall–Kier alpha value is -4.96. The average Bonchev–Trinajstić information content (AvgIpc) is 2.98. The molecule has 10 nitrogen and oxygen atoms in total. The zero-order valence-electron chi connectivity index (χ0n) is 23.8. The van der Waals surface area contributed by atoms with Crippen LogP contribution in [-0.2, 0) is 19.2 Å². The van der Waals surface area contributed by atoms with Gasteiger partial charge in [-0.1, -0.05) is 35.9 Å². The van der Waals surface area contributed by atoms with E-state index in [2.05, 4.69) is 10.3 Å². The normalized spacial score (nSPS) is 18.4. The number of nitrogens with one attached hydrogen (secondary N) is 1. The van der Waals surface area contributed by atoms with Crippen molar-refractivity contribution in [1.29, 1.82) is 5.26 Å². The van der Waals surface area contributed by atoms with E-state index in [1.807, 2.05) is 6.07 Å². The maximum Gasteiger partial charge on any atom is 0.253 e. The first-order valence-electron chi connectivity index (χ1n) is 13.8. The molecule has 2 fully saturated rings. The molecule has 2 aliphatic rings. The van der Waals surface area contributed by atoms with Crippen LogP contribution in [0.25, 0.3) is 0 Å². The van der Waals surface area contributed by atoms with Crippen LogP contribution in [0.1, 0.15) is 36.9 Å². The van der Waals surface area contributed by atoms with Crippen molar-refractivity contribution in [2.24, 2.45) is 0 Å². The number of aromatic nitrogens is 1. The van der Waals surface area contributed by atoms with Crippen LogP contribution in [-0.4, -0.2) is 64.6 Å². The minimum Gasteiger partial charge on any atom is -0.351 e. The van der Waals surface area contributed by atoms with Crippen LogP contribution in [0.5, 0.6) is 0 Å². The molecule has 2 heterocycles. The van der Waals surface area contributed by atoms with E-state index >= 15 is 0 Å². The predicted octanol–water partition coefficient (Wildman–Crippen LogP) is 4.00. The van der Waals surface area contributed by atoms with Crippen LogP contribution in [0, 0.1) is 17.1 Å². The molecule has 1 unspecified atom stereocenters. The van der Waals surface area contributed by atoms with Crippen molar-refractivity contribution in [2.45, 2.75) is 43.8 Å². The second kappa shape index (κ2) is 12.6. The molecule has 2 atom stereocenters. The van der Waals surface area contributed by atoms with Crippen molar-refractivity contribution in [3.63, 3.8) is 0 Å². The molecule has 1 aliphatic carbocycles. The topological polar surface area (TPSA) is 127 Å². The quantitative estimate of drug-likeness (QED) is 0.417. The molecule has 1 aliphatic heterocycles. The minimum absolute atomic E-state index is 0.0520. The Kier molecular flexibility index (Phi) is 8.79. The Morgan fingerprint density at radius 3 is 2.51 bits per heavy atom. The van der Waals surface area contributed by atoms with Gasteiger partial charge in [-0.15, -0.1) is 0 Å². The van der Waals surface area contributed by atoms with E-state index < -0.39 is 72.9 Å². The number of anilines is 2. The summed E-state index contributed by atoms with van der Waals surface area (Å²) in [6, 6.07) is 11.5. The summed E-state index contributed by atoms with van der Waals surface area (Å²) in [5, 5.41) is 12.1. The summed E-state index contributed by atoms with van der Waals surface area (Å²) in [7, 11) is 0. The van der Waals surface area contributed by atoms with Gasteiger partial charge in [0.05, 0.1) is 18.2 Å². The number of nitrogens with zero attached hydrogens (tertiary/aromatic N) is 5. The summed E-state index contributed by atoms with van der Waals surface area (Å²) in [5.74, 6) is -6.79. The number of benzene rings is 2. The molecule has 5 rings (SSSR count). The molecule has 0 bridgehead atoms. The molecule has 1 N–H and O–H groups in total. The maximum absolute atomic E-state index is 14.8. The SMILES string of the molecule is CC(=O)N1CC(=O)N(c2cc(C#N)ccn2)C(C(=O)N(c2cccc(F)c2)[C@H](C(=O)NC2CC(F)(F)C2)c2ccccc2Cl)C1. The number of carbonyl (C=O) groups is 4. The van der Waals surface area contributed by atoms with Gasteiger partial charge in [0.25, 0.3) is 11.8 Å². The number of nitriles is 1. The molecule has 14 heteroatoms. The van der Waals surface area contributed by atoms with Gasteiger partial charge in [0, 0.05) is 48.3 Å². The van der Waals surface area contributed by atoms with E-state index in [9.17, 15) is 37.6 Å². The highest BCUT2D eigenvalue weighted by molar-refractivity contribution is 6.31. The first kappa shape index (κ1) is 31.5. The van der Waals surface area contributed by atoms with Crippen LogP contribution in [0.3, 0.4) is 0 Å². The summed E-state index contributed by atoms with van der Waals surface area (Å²) in [6.07, 6.45) is 0.0569. The van der Waals surface area contributed by atoms with E-state index in [1.165, 1.54) is 49.5 Å². The van der Waals surface area contributed by atoms with Gasteiger partial charge in [-0.05, 0) is 36.4 Å². The molecule has 0 spiro atoms. The molecule has 0 radical (unpaired) electrons. The number of pyridine rings is 1. The van der Waals surface area contributed by atoms with E-state index in [0.29, 0.717) is 0 Å². The van der Waals surface area contributed by atoms with Crippen LogP contribution >= 0.6 is 11.6 Å². The van der Waals surface area contributed by atoms with Gasteiger partial charge in [0.15, 0.2) is 0 Å². The number of alkyl halides is 2. The zero-order valence-corrected chi connectivity index (χ0v) is 24.5. The van der Waals surface area contributed by atoms with Crippen molar-refractivity contribution in [1.82, 2.24) is 15.2 Å². The number of halogens is 4. The molecule has 45 heavy (non-hydrogen) atoms. The Morgan fingerprint density at radius 1 is 1.13 bits per heavy atom. The summed E-state index contributed by atoms with van der Waals surface area (Å²) >= 11 is 6.52. The second-order valence-corrected chi connectivity index (χ2v) is 11.2. The largest absolute Gasteiger partial charge is 0.351 e. The van der Waals surface area contributed by atoms with Crippen molar-refractivity contribution in [2.75, 3.05) is 22.9 Å². The number of carbonyl (C=O) groups excluding carboxylic acids is 4. The van der Waals surface area contributed by atoms with Crippen LogP contribution < -0.4 is 15.1 Å². The van der Waals surface area contributed by atoms with Crippen molar-refractivity contribution < 1.29 is 32.3 Å². The van der Waals surface area contributed by atoms with E-state index in [-0.39, 0.29) is 34.2 Å². The Bertz CT molecular complexity index is 1710. The zero-order chi connectivity index (χ0) is 32.5. The number of rotatable bonds is 7. The molecule has 2 aromatic carbocycles. The molecule has 232 valence electrons. The first-order valence-corrected chi connectivity index (χ1v) is 14.2. The maximum atomic E-state index is 14.8. The Balaban J connectivity index is 1.66. The summed E-state index contributed by atoms with van der Waals surface area (Å²) in [4.78, 5) is 62.0. The fraction of sp³-hybridized carbons (Fsp3) is 0.290. The second-order valence-electron chi connectivity index (χ2n) is 10.8. The fourth-order valence-corrected chi connectivity index (χ4v) is 5.67. The van der Waals surface area contributed by atoms with Crippen molar-refractivity contribution in [3.05, 3.63) is 88.8 Å². The molecule has 3 aromatic rings. The van der Waals surface area contributed by atoms with Gasteiger partial charge in [-0.2, -0.15) is 5.26 Å². The van der Waals surface area contributed by atoms with Crippen LogP contribution in [0.2, 0.25) is 5.02 Å². The smallest absolute Gasteiger partial charge is 0.253 e. The lowest BCUT2D eigenvalue weighted by Gasteiger charge is -2.43. The number of amides is 4. The van der Waals surface area contributed by atoms with Gasteiger partial charge in [-0.25, -0.2) is 18.2 Å². The van der Waals surface area contributed by atoms with Gasteiger partial charge in [0.1, 0.15) is 30.3 Å². The van der Waals surface area contributed by atoms with Crippen molar-refractivity contribution in [3.8, 4) is 6.07 Å². The van der Waals surface area contributed by atoms with E-state index in [0.717, 1.165) is 26.8 Å². The lowest BCUT2D eigenvalue weighted by atomic mass is 9.87. The highest BCUT2D eigenvalue weighted by Gasteiger charge is 2.49. The summed E-state index contributed by atoms with van der Waals surface area (Å²) in [5.41, 5.74) is 0.132. The van der Waals surface area contributed by atoms with Crippen molar-refractivity contribution >= 4 is 46.7 Å². The number of piperazine rings is 1. The van der Waals surface area contributed by atoms with Gasteiger partial charge in [0.2, 0.25) is 17.7 Å². The monoisotopic (exact) mass is 638 g/mol. The highest BCUT2D eigenvalue weighted by Crippen LogP contribution is 2.39. The highest BCUT2D eigenvalue weighted by atomic mass is 35.5. The van der Waals surface area contributed by atoms with Gasteiger partial charge in [-0.3, -0.25) is 29.0 Å². The third-order valence-corrected chi connectivity index (χ3v) is 7.96. The molecular weight excluding hydrogens is 613 g/mol. The number of hydrogen-bond donors (Lipinski definition) is 1. The molecule has 1 saturated heterocycles. The third kappa shape index (κ3) is 6.61. The lowest BCUT2D eigenvalue weighted by molar-refractivity contribution is -0.139. The third-order valence-electron chi connectivity index (χ3n) is 7.62. The molecule has 1 saturated carbocycles. The molecule has 4 amide bonds.